The van der Waals surface area contributed by atoms with Gasteiger partial charge in [0.1, 0.15) is 5.15 Å². The van der Waals surface area contributed by atoms with E-state index in [4.69, 9.17) is 11.6 Å². The van der Waals surface area contributed by atoms with Crippen LogP contribution in [0.15, 0.2) is 85.1 Å². The molecule has 120 valence electrons. The third kappa shape index (κ3) is 3.42. The highest BCUT2D eigenvalue weighted by Crippen LogP contribution is 2.26. The van der Waals surface area contributed by atoms with Gasteiger partial charge in [0.25, 0.3) is 0 Å². The summed E-state index contributed by atoms with van der Waals surface area (Å²) in [6.45, 7) is 0. The van der Waals surface area contributed by atoms with Gasteiger partial charge in [-0.3, -0.25) is 4.98 Å². The van der Waals surface area contributed by atoms with Gasteiger partial charge in [-0.1, -0.05) is 72.3 Å². The van der Waals surface area contributed by atoms with Crippen molar-refractivity contribution in [3.63, 3.8) is 0 Å². The molecule has 2 heterocycles. The van der Waals surface area contributed by atoms with Crippen molar-refractivity contribution in [3.8, 4) is 33.9 Å². The number of rotatable bonds is 3. The summed E-state index contributed by atoms with van der Waals surface area (Å²) < 4.78 is 0. The van der Waals surface area contributed by atoms with E-state index in [2.05, 4.69) is 15.0 Å². The lowest BCUT2D eigenvalue weighted by molar-refractivity contribution is 1.18. The van der Waals surface area contributed by atoms with Crippen molar-refractivity contribution in [1.82, 2.24) is 15.0 Å². The summed E-state index contributed by atoms with van der Waals surface area (Å²) in [5.74, 6) is 0.610. The third-order valence-electron chi connectivity index (χ3n) is 3.87. The Morgan fingerprint density at radius 2 is 1.28 bits per heavy atom. The van der Waals surface area contributed by atoms with Crippen LogP contribution in [0.4, 0.5) is 0 Å². The van der Waals surface area contributed by atoms with Crippen molar-refractivity contribution in [1.29, 1.82) is 0 Å². The standard InChI is InChI=1S/C21H14ClN3/c22-20-14-19(15-6-2-1-3-7-15)24-21(25-20)17-11-9-16(10-12-17)18-8-4-5-13-23-18/h1-14H. The van der Waals surface area contributed by atoms with Gasteiger partial charge >= 0.3 is 0 Å². The van der Waals surface area contributed by atoms with Gasteiger partial charge in [-0.2, -0.15) is 0 Å². The average Bonchev–Trinajstić information content (AvgIpc) is 2.69. The van der Waals surface area contributed by atoms with Crippen LogP contribution in [0.1, 0.15) is 0 Å². The minimum Gasteiger partial charge on any atom is -0.256 e. The van der Waals surface area contributed by atoms with Crippen molar-refractivity contribution in [3.05, 3.63) is 90.2 Å². The molecule has 0 aliphatic rings. The van der Waals surface area contributed by atoms with E-state index in [1.807, 2.05) is 72.8 Å². The molecule has 0 saturated carbocycles. The highest BCUT2D eigenvalue weighted by molar-refractivity contribution is 6.29. The Balaban J connectivity index is 1.71. The molecule has 2 aromatic heterocycles. The molecule has 0 radical (unpaired) electrons. The maximum Gasteiger partial charge on any atom is 0.161 e. The monoisotopic (exact) mass is 343 g/mol. The van der Waals surface area contributed by atoms with Crippen LogP contribution in [0, 0.1) is 0 Å². The molecule has 0 bridgehead atoms. The molecule has 0 spiro atoms. The minimum atomic E-state index is 0.428. The molecule has 0 aliphatic heterocycles. The van der Waals surface area contributed by atoms with E-state index in [1.54, 1.807) is 12.3 Å². The average molecular weight is 344 g/mol. The van der Waals surface area contributed by atoms with Crippen LogP contribution >= 0.6 is 11.6 Å². The molecule has 0 N–H and O–H groups in total. The van der Waals surface area contributed by atoms with Crippen molar-refractivity contribution < 1.29 is 0 Å². The quantitative estimate of drug-likeness (QED) is 0.459. The predicted octanol–water partition coefficient (Wildman–Crippen LogP) is 5.53. The number of benzene rings is 2. The highest BCUT2D eigenvalue weighted by Gasteiger charge is 2.08. The maximum absolute atomic E-state index is 6.22. The molecule has 0 saturated heterocycles. The first-order valence-corrected chi connectivity index (χ1v) is 8.29. The SMILES string of the molecule is Clc1cc(-c2ccccc2)nc(-c2ccc(-c3ccccn3)cc2)n1. The molecule has 0 aliphatic carbocycles. The topological polar surface area (TPSA) is 38.7 Å². The van der Waals surface area contributed by atoms with Gasteiger partial charge in [0.15, 0.2) is 5.82 Å². The van der Waals surface area contributed by atoms with E-state index in [-0.39, 0.29) is 0 Å². The number of hydrogen-bond acceptors (Lipinski definition) is 3. The molecular weight excluding hydrogens is 330 g/mol. The third-order valence-corrected chi connectivity index (χ3v) is 4.06. The minimum absolute atomic E-state index is 0.428. The van der Waals surface area contributed by atoms with E-state index in [0.29, 0.717) is 11.0 Å². The van der Waals surface area contributed by atoms with Crippen LogP contribution in [-0.2, 0) is 0 Å². The smallest absolute Gasteiger partial charge is 0.161 e. The molecule has 0 fully saturated rings. The summed E-state index contributed by atoms with van der Waals surface area (Å²) in [6.07, 6.45) is 1.79. The second-order valence-electron chi connectivity index (χ2n) is 5.56. The lowest BCUT2D eigenvalue weighted by atomic mass is 10.1. The summed E-state index contributed by atoms with van der Waals surface area (Å²) in [4.78, 5) is 13.4. The van der Waals surface area contributed by atoms with Crippen molar-refractivity contribution in [2.75, 3.05) is 0 Å². The zero-order valence-electron chi connectivity index (χ0n) is 13.3. The van der Waals surface area contributed by atoms with E-state index in [1.165, 1.54) is 0 Å². The predicted molar refractivity (Wildman–Crippen MR) is 101 cm³/mol. The van der Waals surface area contributed by atoms with Gasteiger partial charge in [0, 0.05) is 29.0 Å². The molecule has 25 heavy (non-hydrogen) atoms. The Kier molecular flexibility index (Phi) is 4.23. The summed E-state index contributed by atoms with van der Waals surface area (Å²) in [5.41, 5.74) is 4.72. The van der Waals surface area contributed by atoms with Gasteiger partial charge in [0.2, 0.25) is 0 Å². The molecule has 0 amide bonds. The Morgan fingerprint density at radius 3 is 2.00 bits per heavy atom. The summed E-state index contributed by atoms with van der Waals surface area (Å²) in [5, 5.41) is 0.428. The molecule has 2 aromatic carbocycles. The number of hydrogen-bond donors (Lipinski definition) is 0. The molecule has 0 atom stereocenters. The first kappa shape index (κ1) is 15.5. The fraction of sp³-hybridized carbons (Fsp3) is 0. The van der Waals surface area contributed by atoms with Gasteiger partial charge in [-0.05, 0) is 12.1 Å². The van der Waals surface area contributed by atoms with E-state index in [9.17, 15) is 0 Å². The van der Waals surface area contributed by atoms with Crippen LogP contribution in [0.2, 0.25) is 5.15 Å². The van der Waals surface area contributed by atoms with Crippen LogP contribution in [0.25, 0.3) is 33.9 Å². The fourth-order valence-electron chi connectivity index (χ4n) is 2.63. The Morgan fingerprint density at radius 1 is 0.600 bits per heavy atom. The number of aromatic nitrogens is 3. The molecule has 3 nitrogen and oxygen atoms in total. The van der Waals surface area contributed by atoms with E-state index < -0.39 is 0 Å². The zero-order valence-corrected chi connectivity index (χ0v) is 14.1. The summed E-state index contributed by atoms with van der Waals surface area (Å²) in [7, 11) is 0. The van der Waals surface area contributed by atoms with Gasteiger partial charge in [-0.15, -0.1) is 0 Å². The molecule has 4 heteroatoms. The van der Waals surface area contributed by atoms with Crippen LogP contribution in [-0.4, -0.2) is 15.0 Å². The number of pyridine rings is 1. The van der Waals surface area contributed by atoms with Crippen LogP contribution in [0.3, 0.4) is 0 Å². The number of nitrogens with zero attached hydrogens (tertiary/aromatic N) is 3. The molecule has 4 rings (SSSR count). The second-order valence-corrected chi connectivity index (χ2v) is 5.95. The molecule has 4 aromatic rings. The Labute approximate surface area is 151 Å². The van der Waals surface area contributed by atoms with Crippen LogP contribution < -0.4 is 0 Å². The number of halogens is 1. The Hall–Kier alpha value is -3.04. The summed E-state index contributed by atoms with van der Waals surface area (Å²) in [6, 6.07) is 25.6. The van der Waals surface area contributed by atoms with Gasteiger partial charge in [0.05, 0.1) is 11.4 Å². The van der Waals surface area contributed by atoms with Gasteiger partial charge < -0.3 is 0 Å². The zero-order chi connectivity index (χ0) is 17.1. The molecular formula is C21H14ClN3. The van der Waals surface area contributed by atoms with Crippen molar-refractivity contribution in [2.24, 2.45) is 0 Å². The lowest BCUT2D eigenvalue weighted by Crippen LogP contribution is -1.93. The highest BCUT2D eigenvalue weighted by atomic mass is 35.5. The normalized spacial score (nSPS) is 10.6. The molecule has 0 unspecified atom stereocenters. The van der Waals surface area contributed by atoms with E-state index >= 15 is 0 Å². The van der Waals surface area contributed by atoms with Crippen molar-refractivity contribution in [2.45, 2.75) is 0 Å². The van der Waals surface area contributed by atoms with Gasteiger partial charge in [-0.25, -0.2) is 9.97 Å². The second kappa shape index (κ2) is 6.83. The Bertz CT molecular complexity index is 985. The maximum atomic E-state index is 6.22. The fourth-order valence-corrected chi connectivity index (χ4v) is 2.81. The largest absolute Gasteiger partial charge is 0.256 e. The lowest BCUT2D eigenvalue weighted by Gasteiger charge is -2.07. The summed E-state index contributed by atoms with van der Waals surface area (Å²) >= 11 is 6.22. The van der Waals surface area contributed by atoms with Crippen molar-refractivity contribution >= 4 is 11.6 Å². The van der Waals surface area contributed by atoms with E-state index in [0.717, 1.165) is 28.1 Å². The first-order valence-electron chi connectivity index (χ1n) is 7.91. The van der Waals surface area contributed by atoms with Crippen LogP contribution in [0.5, 0.6) is 0 Å². The first-order chi connectivity index (χ1) is 12.3.